The molecule has 1 saturated carbocycles. The lowest BCUT2D eigenvalue weighted by atomic mass is 9.58. The highest BCUT2D eigenvalue weighted by Gasteiger charge is 2.55. The number of sulfonamides is 1. The quantitative estimate of drug-likeness (QED) is 0.543. The second kappa shape index (κ2) is 7.50. The molecule has 2 atom stereocenters. The van der Waals surface area contributed by atoms with E-state index in [1.54, 1.807) is 0 Å². The van der Waals surface area contributed by atoms with Crippen LogP contribution in [0, 0.1) is 15.5 Å². The first-order valence-electron chi connectivity index (χ1n) is 8.78. The van der Waals surface area contributed by atoms with E-state index in [2.05, 4.69) is 13.8 Å². The summed E-state index contributed by atoms with van der Waals surface area (Å²) in [6, 6.07) is 3.88. The maximum Gasteiger partial charge on any atom is 0.293 e. The van der Waals surface area contributed by atoms with Crippen molar-refractivity contribution in [2.45, 2.75) is 57.1 Å². The molecule has 1 aromatic carbocycles. The molecular formula is C17H27N3O5S. The van der Waals surface area contributed by atoms with Gasteiger partial charge >= 0.3 is 0 Å². The molecule has 2 N–H and O–H groups in total. The lowest BCUT2D eigenvalue weighted by molar-refractivity contribution is -0.384. The number of ether oxygens (including phenoxy) is 1. The minimum atomic E-state index is -4.00. The van der Waals surface area contributed by atoms with Crippen molar-refractivity contribution >= 4 is 21.4 Å². The Morgan fingerprint density at radius 2 is 1.96 bits per heavy atom. The Morgan fingerprint density at radius 1 is 1.35 bits per heavy atom. The Balaban J connectivity index is 2.43. The van der Waals surface area contributed by atoms with E-state index in [0.29, 0.717) is 12.3 Å². The molecule has 1 aliphatic rings. The normalized spacial score (nSPS) is 21.9. The second-order valence-corrected chi connectivity index (χ2v) is 8.26. The van der Waals surface area contributed by atoms with Crippen LogP contribution < -0.4 is 10.0 Å². The first-order chi connectivity index (χ1) is 12.1. The van der Waals surface area contributed by atoms with Gasteiger partial charge in [-0.1, -0.05) is 13.8 Å². The van der Waals surface area contributed by atoms with Crippen molar-refractivity contribution in [2.24, 2.45) is 10.6 Å². The number of hydrogen-bond donors (Lipinski definition) is 1. The molecule has 0 saturated heterocycles. The predicted octanol–water partition coefficient (Wildman–Crippen LogP) is 2.66. The fourth-order valence-electron chi connectivity index (χ4n) is 4.17. The van der Waals surface area contributed by atoms with Gasteiger partial charge in [-0.05, 0) is 38.3 Å². The molecule has 0 radical (unpaired) electrons. The Morgan fingerprint density at radius 3 is 2.42 bits per heavy atom. The standard InChI is InChI=1S/C17H27N3O5S/c1-5-17(6-2)15(11-16(17)25-7-3)19(4)13-9-8-12(26(18,23)24)10-14(13)20(21)22/h8-10,15-16H,5-7,11H2,1-4H3,(H2,18,23,24)/t15-,16+/m1/s1. The number of nitrogens with two attached hydrogens (primary N) is 1. The largest absolute Gasteiger partial charge is 0.378 e. The van der Waals surface area contributed by atoms with E-state index in [9.17, 15) is 18.5 Å². The summed E-state index contributed by atoms with van der Waals surface area (Å²) in [5.74, 6) is 0. The summed E-state index contributed by atoms with van der Waals surface area (Å²) >= 11 is 0. The highest BCUT2D eigenvalue weighted by atomic mass is 32.2. The molecule has 1 fully saturated rings. The molecule has 9 heteroatoms. The van der Waals surface area contributed by atoms with Crippen LogP contribution in [0.4, 0.5) is 11.4 Å². The molecule has 8 nitrogen and oxygen atoms in total. The van der Waals surface area contributed by atoms with Gasteiger partial charge in [0.1, 0.15) is 5.69 Å². The monoisotopic (exact) mass is 385 g/mol. The van der Waals surface area contributed by atoms with Crippen molar-refractivity contribution in [2.75, 3.05) is 18.6 Å². The summed E-state index contributed by atoms with van der Waals surface area (Å²) in [5, 5.41) is 16.6. The smallest absolute Gasteiger partial charge is 0.293 e. The Labute approximate surface area is 154 Å². The summed E-state index contributed by atoms with van der Waals surface area (Å²) in [5.41, 5.74) is 0.0330. The van der Waals surface area contributed by atoms with Crippen molar-refractivity contribution in [3.8, 4) is 0 Å². The molecule has 26 heavy (non-hydrogen) atoms. The number of hydrogen-bond acceptors (Lipinski definition) is 6. The zero-order valence-corrected chi connectivity index (χ0v) is 16.5. The summed E-state index contributed by atoms with van der Waals surface area (Å²) in [6.07, 6.45) is 2.69. The van der Waals surface area contributed by atoms with Gasteiger partial charge in [-0.2, -0.15) is 0 Å². The summed E-state index contributed by atoms with van der Waals surface area (Å²) < 4.78 is 28.9. The lowest BCUT2D eigenvalue weighted by Gasteiger charge is -2.58. The number of nitro groups is 1. The molecule has 146 valence electrons. The minimum absolute atomic E-state index is 0.0769. The van der Waals surface area contributed by atoms with Crippen LogP contribution >= 0.6 is 0 Å². The molecule has 2 rings (SSSR count). The highest BCUT2D eigenvalue weighted by molar-refractivity contribution is 7.89. The Hall–Kier alpha value is -1.71. The zero-order chi connectivity index (χ0) is 19.7. The number of anilines is 1. The van der Waals surface area contributed by atoms with Crippen LogP contribution in [-0.4, -0.2) is 39.1 Å². The lowest BCUT2D eigenvalue weighted by Crippen LogP contribution is -2.64. The van der Waals surface area contributed by atoms with E-state index in [4.69, 9.17) is 9.88 Å². The van der Waals surface area contributed by atoms with E-state index in [-0.39, 0.29) is 28.1 Å². The third-order valence-electron chi connectivity index (χ3n) is 5.75. The van der Waals surface area contributed by atoms with Crippen LogP contribution in [0.5, 0.6) is 0 Å². The zero-order valence-electron chi connectivity index (χ0n) is 15.6. The fraction of sp³-hybridized carbons (Fsp3) is 0.647. The van der Waals surface area contributed by atoms with Crippen molar-refractivity contribution < 1.29 is 18.1 Å². The maximum atomic E-state index is 11.5. The topological polar surface area (TPSA) is 116 Å². The van der Waals surface area contributed by atoms with Crippen LogP contribution in [0.3, 0.4) is 0 Å². The fourth-order valence-corrected chi connectivity index (χ4v) is 4.71. The molecule has 1 aromatic rings. The molecule has 0 aromatic heterocycles. The van der Waals surface area contributed by atoms with Crippen LogP contribution in [0.15, 0.2) is 23.1 Å². The van der Waals surface area contributed by atoms with Crippen molar-refractivity contribution in [3.05, 3.63) is 28.3 Å². The van der Waals surface area contributed by atoms with E-state index in [0.717, 1.165) is 25.3 Å². The molecule has 0 heterocycles. The van der Waals surface area contributed by atoms with Gasteiger partial charge in [0.2, 0.25) is 10.0 Å². The van der Waals surface area contributed by atoms with Gasteiger partial charge in [0.05, 0.1) is 15.9 Å². The highest BCUT2D eigenvalue weighted by Crippen LogP contribution is 2.52. The first-order valence-corrected chi connectivity index (χ1v) is 10.3. The van der Waals surface area contributed by atoms with Crippen LogP contribution in [0.25, 0.3) is 0 Å². The second-order valence-electron chi connectivity index (χ2n) is 6.70. The summed E-state index contributed by atoms with van der Waals surface area (Å²) in [4.78, 5) is 12.6. The molecule has 0 bridgehead atoms. The molecular weight excluding hydrogens is 358 g/mol. The third-order valence-corrected chi connectivity index (χ3v) is 6.66. The van der Waals surface area contributed by atoms with Gasteiger partial charge in [0.25, 0.3) is 5.69 Å². The van der Waals surface area contributed by atoms with Gasteiger partial charge in [-0.25, -0.2) is 13.6 Å². The van der Waals surface area contributed by atoms with Crippen molar-refractivity contribution in [1.82, 2.24) is 0 Å². The average molecular weight is 385 g/mol. The van der Waals surface area contributed by atoms with E-state index >= 15 is 0 Å². The summed E-state index contributed by atoms with van der Waals surface area (Å²) in [6.45, 7) is 6.80. The van der Waals surface area contributed by atoms with Crippen molar-refractivity contribution in [1.29, 1.82) is 0 Å². The van der Waals surface area contributed by atoms with Crippen LogP contribution in [0.1, 0.15) is 40.0 Å². The number of nitro benzene ring substituents is 1. The van der Waals surface area contributed by atoms with Gasteiger partial charge < -0.3 is 9.64 Å². The van der Waals surface area contributed by atoms with Gasteiger partial charge in [-0.15, -0.1) is 0 Å². The molecule has 0 spiro atoms. The minimum Gasteiger partial charge on any atom is -0.378 e. The van der Waals surface area contributed by atoms with Crippen LogP contribution in [0.2, 0.25) is 0 Å². The van der Waals surface area contributed by atoms with Gasteiger partial charge in [-0.3, -0.25) is 10.1 Å². The van der Waals surface area contributed by atoms with Gasteiger partial charge in [0, 0.05) is 31.2 Å². The molecule has 0 aliphatic heterocycles. The van der Waals surface area contributed by atoms with E-state index in [1.165, 1.54) is 12.1 Å². The molecule has 0 unspecified atom stereocenters. The SMILES string of the molecule is CCO[C@H]1C[C@@H](N(C)c2ccc(S(N)(=O)=O)cc2[N+](=O)[O-])C1(CC)CC. The Kier molecular flexibility index (Phi) is 5.94. The molecule has 0 amide bonds. The van der Waals surface area contributed by atoms with Crippen molar-refractivity contribution in [3.63, 3.8) is 0 Å². The van der Waals surface area contributed by atoms with Gasteiger partial charge in [0.15, 0.2) is 0 Å². The van der Waals surface area contributed by atoms with Crippen LogP contribution in [-0.2, 0) is 14.8 Å². The van der Waals surface area contributed by atoms with E-state index < -0.39 is 14.9 Å². The van der Waals surface area contributed by atoms with E-state index in [1.807, 2.05) is 18.9 Å². The number of nitrogens with zero attached hydrogens (tertiary/aromatic N) is 2. The number of benzene rings is 1. The predicted molar refractivity (Wildman–Crippen MR) is 99.7 cm³/mol. The first kappa shape index (κ1) is 20.6. The number of primary sulfonamides is 1. The Bertz CT molecular complexity index is 777. The molecule has 1 aliphatic carbocycles. The average Bonchev–Trinajstić information content (AvgIpc) is 2.57. The number of rotatable bonds is 8. The third kappa shape index (κ3) is 3.43. The summed E-state index contributed by atoms with van der Waals surface area (Å²) in [7, 11) is -2.19. The maximum absolute atomic E-state index is 11.5.